The molecule has 0 spiro atoms. The van der Waals surface area contributed by atoms with Crippen LogP contribution in [0.3, 0.4) is 0 Å². The van der Waals surface area contributed by atoms with Crippen molar-refractivity contribution >= 4 is 5.91 Å². The van der Waals surface area contributed by atoms with Gasteiger partial charge in [-0.15, -0.1) is 0 Å². The molecule has 0 aliphatic heterocycles. The van der Waals surface area contributed by atoms with E-state index in [9.17, 15) is 9.90 Å². The second-order valence-electron chi connectivity index (χ2n) is 8.42. The van der Waals surface area contributed by atoms with E-state index in [-0.39, 0.29) is 0 Å². The summed E-state index contributed by atoms with van der Waals surface area (Å²) in [4.78, 5) is 10.6. The number of rotatable bonds is 16. The normalized spacial score (nSPS) is 15.0. The van der Waals surface area contributed by atoms with Gasteiger partial charge in [0.25, 0.3) is 0 Å². The second-order valence-corrected chi connectivity index (χ2v) is 8.42. The van der Waals surface area contributed by atoms with E-state index < -0.39 is 12.0 Å². The number of amides is 1. The zero-order valence-corrected chi connectivity index (χ0v) is 18.4. The van der Waals surface area contributed by atoms with Crippen LogP contribution >= 0.6 is 0 Å². The summed E-state index contributed by atoms with van der Waals surface area (Å²) in [5.41, 5.74) is 5.00. The van der Waals surface area contributed by atoms with Gasteiger partial charge in [0.05, 0.1) is 0 Å². The van der Waals surface area contributed by atoms with Gasteiger partial charge in [-0.3, -0.25) is 4.79 Å². The van der Waals surface area contributed by atoms with Crippen molar-refractivity contribution in [1.82, 2.24) is 0 Å². The summed E-state index contributed by atoms with van der Waals surface area (Å²) in [7, 11) is 0. The fraction of sp³-hybridized carbons (Fsp3) is 0.958. The molecular formula is C24H49NO2. The molecule has 1 fully saturated rings. The highest BCUT2D eigenvalue weighted by Crippen LogP contribution is 2.15. The number of nitrogens with two attached hydrogens (primary N) is 1. The minimum atomic E-state index is -0.942. The van der Waals surface area contributed by atoms with E-state index in [1.54, 1.807) is 0 Å². The molecule has 0 heterocycles. The molecule has 1 aliphatic rings. The first kappa shape index (κ1) is 26.4. The summed E-state index contributed by atoms with van der Waals surface area (Å²) in [6.07, 6.45) is 26.9. The average Bonchev–Trinajstić information content (AvgIpc) is 2.69. The molecule has 0 aromatic carbocycles. The summed E-state index contributed by atoms with van der Waals surface area (Å²) >= 11 is 0. The van der Waals surface area contributed by atoms with Crippen LogP contribution in [0.1, 0.15) is 142 Å². The molecule has 1 atom stereocenters. The number of unbranched alkanes of at least 4 members (excludes halogenated alkanes) is 13. The van der Waals surface area contributed by atoms with E-state index in [0.717, 1.165) is 12.8 Å². The summed E-state index contributed by atoms with van der Waals surface area (Å²) < 4.78 is 0. The Morgan fingerprint density at radius 3 is 1.26 bits per heavy atom. The fourth-order valence-electron chi connectivity index (χ4n) is 3.74. The highest BCUT2D eigenvalue weighted by atomic mass is 16.3. The van der Waals surface area contributed by atoms with Crippen molar-refractivity contribution in [2.24, 2.45) is 5.73 Å². The fourth-order valence-corrected chi connectivity index (χ4v) is 3.74. The predicted octanol–water partition coefficient (Wildman–Crippen LogP) is 7.04. The first-order valence-electron chi connectivity index (χ1n) is 12.2. The SMILES string of the molecule is C1CCCCC1.CCCCCCCCCCCCCCCCC(O)C(N)=O. The molecule has 3 nitrogen and oxygen atoms in total. The summed E-state index contributed by atoms with van der Waals surface area (Å²) in [5.74, 6) is -0.593. The minimum absolute atomic E-state index is 0.521. The lowest BCUT2D eigenvalue weighted by molar-refractivity contribution is -0.126. The van der Waals surface area contributed by atoms with Crippen LogP contribution in [0.15, 0.2) is 0 Å². The molecule has 0 aromatic rings. The molecule has 0 radical (unpaired) electrons. The third kappa shape index (κ3) is 21.6. The Bertz CT molecular complexity index is 291. The zero-order valence-electron chi connectivity index (χ0n) is 18.4. The Morgan fingerprint density at radius 1 is 0.667 bits per heavy atom. The lowest BCUT2D eigenvalue weighted by Gasteiger charge is -2.06. The maximum atomic E-state index is 10.6. The Morgan fingerprint density at radius 2 is 0.963 bits per heavy atom. The molecule has 0 aromatic heterocycles. The Hall–Kier alpha value is -0.570. The second kappa shape index (κ2) is 21.7. The third-order valence-corrected chi connectivity index (χ3v) is 5.66. The van der Waals surface area contributed by atoms with Gasteiger partial charge < -0.3 is 10.8 Å². The summed E-state index contributed by atoms with van der Waals surface area (Å²) in [6, 6.07) is 0. The van der Waals surface area contributed by atoms with Crippen LogP contribution in [0.25, 0.3) is 0 Å². The third-order valence-electron chi connectivity index (χ3n) is 5.66. The van der Waals surface area contributed by atoms with Crippen LogP contribution in [0.5, 0.6) is 0 Å². The van der Waals surface area contributed by atoms with Crippen LogP contribution in [0, 0.1) is 0 Å². The highest BCUT2D eigenvalue weighted by Gasteiger charge is 2.09. The number of primary amides is 1. The molecule has 0 bridgehead atoms. The average molecular weight is 384 g/mol. The van der Waals surface area contributed by atoms with Gasteiger partial charge in [-0.25, -0.2) is 0 Å². The van der Waals surface area contributed by atoms with Gasteiger partial charge >= 0.3 is 0 Å². The van der Waals surface area contributed by atoms with Crippen LogP contribution < -0.4 is 5.73 Å². The van der Waals surface area contributed by atoms with Crippen LogP contribution in [0.2, 0.25) is 0 Å². The van der Waals surface area contributed by atoms with Gasteiger partial charge in [-0.2, -0.15) is 0 Å². The maximum absolute atomic E-state index is 10.6. The van der Waals surface area contributed by atoms with Gasteiger partial charge in [0.15, 0.2) is 0 Å². The number of aliphatic hydroxyl groups is 1. The quantitative estimate of drug-likeness (QED) is 0.281. The van der Waals surface area contributed by atoms with Crippen molar-refractivity contribution in [3.63, 3.8) is 0 Å². The number of aliphatic hydroxyl groups excluding tert-OH is 1. The van der Waals surface area contributed by atoms with Gasteiger partial charge in [0.2, 0.25) is 5.91 Å². The molecule has 3 heteroatoms. The molecule has 3 N–H and O–H groups in total. The van der Waals surface area contributed by atoms with Gasteiger partial charge in [-0.05, 0) is 6.42 Å². The first-order chi connectivity index (χ1) is 13.2. The summed E-state index contributed by atoms with van der Waals surface area (Å²) in [6.45, 7) is 2.26. The maximum Gasteiger partial charge on any atom is 0.246 e. The molecule has 1 unspecified atom stereocenters. The molecule has 1 amide bonds. The molecule has 162 valence electrons. The van der Waals surface area contributed by atoms with Crippen LogP contribution in [0.4, 0.5) is 0 Å². The van der Waals surface area contributed by atoms with Crippen LogP contribution in [-0.4, -0.2) is 17.1 Å². The Kier molecular flexibility index (Phi) is 21.3. The van der Waals surface area contributed by atoms with Crippen molar-refractivity contribution in [2.45, 2.75) is 148 Å². The summed E-state index contributed by atoms with van der Waals surface area (Å²) in [5, 5.41) is 9.24. The predicted molar refractivity (Wildman–Crippen MR) is 118 cm³/mol. The van der Waals surface area contributed by atoms with Gasteiger partial charge in [0, 0.05) is 0 Å². The topological polar surface area (TPSA) is 63.3 Å². The number of hydrogen-bond acceptors (Lipinski definition) is 2. The molecule has 1 aliphatic carbocycles. The van der Waals surface area contributed by atoms with E-state index in [0.29, 0.717) is 6.42 Å². The van der Waals surface area contributed by atoms with Crippen molar-refractivity contribution in [2.75, 3.05) is 0 Å². The first-order valence-corrected chi connectivity index (χ1v) is 12.2. The van der Waals surface area contributed by atoms with Crippen molar-refractivity contribution in [3.8, 4) is 0 Å². The van der Waals surface area contributed by atoms with Gasteiger partial charge in [-0.1, -0.05) is 135 Å². The molecular weight excluding hydrogens is 334 g/mol. The zero-order chi connectivity index (χ0) is 20.0. The Labute approximate surface area is 169 Å². The molecule has 1 saturated carbocycles. The number of hydrogen-bond donors (Lipinski definition) is 2. The van der Waals surface area contributed by atoms with Crippen LogP contribution in [-0.2, 0) is 4.79 Å². The smallest absolute Gasteiger partial charge is 0.246 e. The van der Waals surface area contributed by atoms with Gasteiger partial charge in [0.1, 0.15) is 6.10 Å². The Balaban J connectivity index is 0.000000941. The van der Waals surface area contributed by atoms with E-state index in [1.807, 2.05) is 0 Å². The van der Waals surface area contributed by atoms with E-state index in [4.69, 9.17) is 5.73 Å². The monoisotopic (exact) mass is 383 g/mol. The lowest BCUT2D eigenvalue weighted by Crippen LogP contribution is -2.27. The lowest BCUT2D eigenvalue weighted by atomic mass is 10.0. The highest BCUT2D eigenvalue weighted by molar-refractivity contribution is 5.78. The van der Waals surface area contributed by atoms with Crippen molar-refractivity contribution in [3.05, 3.63) is 0 Å². The molecule has 1 rings (SSSR count). The van der Waals surface area contributed by atoms with E-state index in [1.165, 1.54) is 116 Å². The minimum Gasteiger partial charge on any atom is -0.383 e. The molecule has 0 saturated heterocycles. The molecule has 27 heavy (non-hydrogen) atoms. The number of carbonyl (C=O) groups is 1. The standard InChI is InChI=1S/C18H37NO2.C6H12/c1-2-3-4-5-6-7-8-9-10-11-12-13-14-15-16-17(20)18(19)21;1-2-4-6-5-3-1/h17,20H,2-16H2,1H3,(H2,19,21);1-6H2. The van der Waals surface area contributed by atoms with E-state index in [2.05, 4.69) is 6.92 Å². The number of carbonyl (C=O) groups excluding carboxylic acids is 1. The van der Waals surface area contributed by atoms with E-state index >= 15 is 0 Å². The van der Waals surface area contributed by atoms with Crippen molar-refractivity contribution in [1.29, 1.82) is 0 Å². The van der Waals surface area contributed by atoms with Crippen molar-refractivity contribution < 1.29 is 9.90 Å². The largest absolute Gasteiger partial charge is 0.383 e.